The van der Waals surface area contributed by atoms with Crippen LogP contribution in [0.4, 0.5) is 35.0 Å². The third-order valence-corrected chi connectivity index (χ3v) is 3.64. The molecule has 2 aromatic carbocycles. The maximum Gasteiger partial charge on any atom is 0.412 e. The molecular formula is C18H17ClF3N3O3. The molecule has 28 heavy (non-hydrogen) atoms. The van der Waals surface area contributed by atoms with Crippen molar-refractivity contribution in [3.63, 3.8) is 0 Å². The van der Waals surface area contributed by atoms with Crippen LogP contribution >= 0.6 is 11.6 Å². The number of hydrogen-bond acceptors (Lipinski definition) is 4. The number of nitrogens with two attached hydrogens (primary N) is 1. The number of halogens is 4. The van der Waals surface area contributed by atoms with E-state index < -0.39 is 51.5 Å². The van der Waals surface area contributed by atoms with Crippen LogP contribution in [-0.2, 0) is 4.74 Å². The first-order valence-electron chi connectivity index (χ1n) is 7.93. The SMILES string of the molecule is CC(C)(C)OC(=O)Nc1c(F)ccc(NC(=O)c2cc(N)cc(F)c2Cl)c1F. The first-order chi connectivity index (χ1) is 12.9. The van der Waals surface area contributed by atoms with Crippen LogP contribution in [0.15, 0.2) is 24.3 Å². The first-order valence-corrected chi connectivity index (χ1v) is 8.30. The van der Waals surface area contributed by atoms with Gasteiger partial charge in [-0.1, -0.05) is 11.6 Å². The number of carbonyl (C=O) groups is 2. The number of nitrogens with one attached hydrogen (secondary N) is 2. The molecule has 0 aliphatic heterocycles. The highest BCUT2D eigenvalue weighted by Gasteiger charge is 2.23. The van der Waals surface area contributed by atoms with Crippen molar-refractivity contribution in [2.75, 3.05) is 16.4 Å². The van der Waals surface area contributed by atoms with Crippen LogP contribution in [0.1, 0.15) is 31.1 Å². The molecule has 0 spiro atoms. The van der Waals surface area contributed by atoms with Crippen molar-refractivity contribution in [1.29, 1.82) is 0 Å². The molecule has 0 unspecified atom stereocenters. The Labute approximate surface area is 163 Å². The topological polar surface area (TPSA) is 93.5 Å². The molecule has 2 amide bonds. The van der Waals surface area contributed by atoms with Gasteiger partial charge in [-0.15, -0.1) is 0 Å². The number of ether oxygens (including phenoxy) is 1. The van der Waals surface area contributed by atoms with Crippen molar-refractivity contribution in [1.82, 2.24) is 0 Å². The summed E-state index contributed by atoms with van der Waals surface area (Å²) in [5, 5.41) is 3.57. The minimum atomic E-state index is -1.26. The summed E-state index contributed by atoms with van der Waals surface area (Å²) in [5.41, 5.74) is 2.87. The minimum absolute atomic E-state index is 0.0705. The minimum Gasteiger partial charge on any atom is -0.444 e. The molecule has 0 radical (unpaired) electrons. The van der Waals surface area contributed by atoms with Gasteiger partial charge in [0.05, 0.1) is 16.3 Å². The highest BCUT2D eigenvalue weighted by Crippen LogP contribution is 2.29. The summed E-state index contributed by atoms with van der Waals surface area (Å²) in [6.45, 7) is 4.72. The van der Waals surface area contributed by atoms with E-state index in [2.05, 4.69) is 5.32 Å². The molecule has 0 aliphatic carbocycles. The zero-order chi connectivity index (χ0) is 21.2. The quantitative estimate of drug-likeness (QED) is 0.619. The molecule has 2 aromatic rings. The third-order valence-electron chi connectivity index (χ3n) is 3.26. The van der Waals surface area contributed by atoms with Crippen LogP contribution in [0.25, 0.3) is 0 Å². The summed E-state index contributed by atoms with van der Waals surface area (Å²) in [4.78, 5) is 24.1. The van der Waals surface area contributed by atoms with Crippen molar-refractivity contribution >= 4 is 40.7 Å². The molecule has 0 saturated heterocycles. The average Bonchev–Trinajstić information content (AvgIpc) is 2.55. The zero-order valence-corrected chi connectivity index (χ0v) is 15.9. The van der Waals surface area contributed by atoms with Crippen LogP contribution < -0.4 is 16.4 Å². The molecule has 0 aliphatic rings. The Morgan fingerprint density at radius 3 is 2.32 bits per heavy atom. The lowest BCUT2D eigenvalue weighted by atomic mass is 10.1. The van der Waals surface area contributed by atoms with Gasteiger partial charge in [-0.25, -0.2) is 18.0 Å². The standard InChI is InChI=1S/C18H17ClF3N3O3/c1-18(2,3)28-17(27)25-15-10(20)4-5-12(14(15)22)24-16(26)9-6-8(23)7-11(21)13(9)19/h4-7H,23H2,1-3H3,(H,24,26)(H,25,27). The van der Waals surface area contributed by atoms with E-state index in [1.165, 1.54) is 0 Å². The van der Waals surface area contributed by atoms with Crippen LogP contribution in [0, 0.1) is 17.5 Å². The number of rotatable bonds is 3. The molecule has 2 rings (SSSR count). The largest absolute Gasteiger partial charge is 0.444 e. The van der Waals surface area contributed by atoms with Gasteiger partial charge >= 0.3 is 6.09 Å². The second kappa shape index (κ2) is 7.97. The fraction of sp³-hybridized carbons (Fsp3) is 0.222. The Kier molecular flexibility index (Phi) is 6.08. The number of hydrogen-bond donors (Lipinski definition) is 3. The van der Waals surface area contributed by atoms with Gasteiger partial charge in [-0.2, -0.15) is 0 Å². The monoisotopic (exact) mass is 415 g/mol. The Hall–Kier alpha value is -2.94. The Bertz CT molecular complexity index is 946. The zero-order valence-electron chi connectivity index (χ0n) is 15.1. The lowest BCUT2D eigenvalue weighted by Gasteiger charge is -2.20. The molecule has 0 fully saturated rings. The van der Waals surface area contributed by atoms with E-state index in [1.807, 2.05) is 5.32 Å². The average molecular weight is 416 g/mol. The molecule has 10 heteroatoms. The maximum atomic E-state index is 14.6. The van der Waals surface area contributed by atoms with E-state index in [1.54, 1.807) is 20.8 Å². The fourth-order valence-corrected chi connectivity index (χ4v) is 2.33. The van der Waals surface area contributed by atoms with E-state index in [0.717, 1.165) is 24.3 Å². The van der Waals surface area contributed by atoms with Crippen molar-refractivity contribution in [2.45, 2.75) is 26.4 Å². The Balaban J connectivity index is 2.31. The van der Waals surface area contributed by atoms with Crippen LogP contribution in [0.5, 0.6) is 0 Å². The van der Waals surface area contributed by atoms with E-state index in [0.29, 0.717) is 0 Å². The number of anilines is 3. The molecule has 4 N–H and O–H groups in total. The van der Waals surface area contributed by atoms with Crippen LogP contribution in [0.3, 0.4) is 0 Å². The molecule has 0 bridgehead atoms. The van der Waals surface area contributed by atoms with E-state index in [4.69, 9.17) is 22.1 Å². The van der Waals surface area contributed by atoms with Gasteiger partial charge in [0, 0.05) is 5.69 Å². The molecule has 0 atom stereocenters. The van der Waals surface area contributed by atoms with E-state index >= 15 is 0 Å². The Morgan fingerprint density at radius 2 is 1.71 bits per heavy atom. The third kappa shape index (κ3) is 5.07. The highest BCUT2D eigenvalue weighted by molar-refractivity contribution is 6.34. The second-order valence-electron chi connectivity index (χ2n) is 6.73. The van der Waals surface area contributed by atoms with Gasteiger partial charge in [-0.3, -0.25) is 10.1 Å². The van der Waals surface area contributed by atoms with Crippen molar-refractivity contribution in [3.05, 3.63) is 52.3 Å². The highest BCUT2D eigenvalue weighted by atomic mass is 35.5. The summed E-state index contributed by atoms with van der Waals surface area (Å²) < 4.78 is 47.1. The number of amides is 2. The van der Waals surface area contributed by atoms with Gasteiger partial charge in [-0.05, 0) is 45.0 Å². The van der Waals surface area contributed by atoms with E-state index in [-0.39, 0.29) is 11.3 Å². The van der Waals surface area contributed by atoms with Crippen LogP contribution in [0.2, 0.25) is 5.02 Å². The summed E-state index contributed by atoms with van der Waals surface area (Å²) >= 11 is 5.73. The number of carbonyl (C=O) groups excluding carboxylic acids is 2. The van der Waals surface area contributed by atoms with Crippen molar-refractivity contribution in [2.24, 2.45) is 0 Å². The molecule has 150 valence electrons. The Morgan fingerprint density at radius 1 is 1.07 bits per heavy atom. The summed E-state index contributed by atoms with van der Waals surface area (Å²) in [6.07, 6.45) is -1.09. The summed E-state index contributed by atoms with van der Waals surface area (Å²) in [5.74, 6) is -4.27. The van der Waals surface area contributed by atoms with E-state index in [9.17, 15) is 22.8 Å². The second-order valence-corrected chi connectivity index (χ2v) is 7.11. The van der Waals surface area contributed by atoms with Crippen molar-refractivity contribution < 1.29 is 27.5 Å². The van der Waals surface area contributed by atoms with Gasteiger partial charge < -0.3 is 15.8 Å². The van der Waals surface area contributed by atoms with Gasteiger partial charge in [0.15, 0.2) is 5.82 Å². The van der Waals surface area contributed by atoms with Gasteiger partial charge in [0.1, 0.15) is 22.9 Å². The van der Waals surface area contributed by atoms with Crippen LogP contribution in [-0.4, -0.2) is 17.6 Å². The molecule has 0 heterocycles. The molecule has 6 nitrogen and oxygen atoms in total. The summed E-state index contributed by atoms with van der Waals surface area (Å²) in [7, 11) is 0. The molecular weight excluding hydrogens is 399 g/mol. The lowest BCUT2D eigenvalue weighted by Crippen LogP contribution is -2.28. The van der Waals surface area contributed by atoms with Gasteiger partial charge in [0.25, 0.3) is 5.91 Å². The predicted molar refractivity (Wildman–Crippen MR) is 100.0 cm³/mol. The predicted octanol–water partition coefficient (Wildman–Crippen LogP) is 4.94. The smallest absolute Gasteiger partial charge is 0.412 e. The fourth-order valence-electron chi connectivity index (χ4n) is 2.13. The number of benzene rings is 2. The first kappa shape index (κ1) is 21.4. The maximum absolute atomic E-state index is 14.6. The van der Waals surface area contributed by atoms with Crippen molar-refractivity contribution in [3.8, 4) is 0 Å². The molecule has 0 saturated carbocycles. The lowest BCUT2D eigenvalue weighted by molar-refractivity contribution is 0.0634. The molecule has 0 aromatic heterocycles. The van der Waals surface area contributed by atoms with Gasteiger partial charge in [0.2, 0.25) is 0 Å². The number of nitrogen functional groups attached to an aromatic ring is 1. The normalized spacial score (nSPS) is 11.1. The summed E-state index contributed by atoms with van der Waals surface area (Å²) in [6, 6.07) is 3.77.